The first-order chi connectivity index (χ1) is 11.5. The number of nitrogens with zero attached hydrogens (tertiary/aromatic N) is 1. The lowest BCUT2D eigenvalue weighted by molar-refractivity contribution is 0.0655. The summed E-state index contributed by atoms with van der Waals surface area (Å²) in [5.74, 6) is 1.05. The minimum absolute atomic E-state index is 0.000605. The van der Waals surface area contributed by atoms with Crippen LogP contribution in [0.1, 0.15) is 40.4 Å². The van der Waals surface area contributed by atoms with Gasteiger partial charge in [0.25, 0.3) is 0 Å². The maximum absolute atomic E-state index is 11.0. The van der Waals surface area contributed by atoms with E-state index in [9.17, 15) is 4.79 Å². The zero-order valence-corrected chi connectivity index (χ0v) is 14.0. The molecule has 0 spiro atoms. The minimum Gasteiger partial charge on any atom is -0.493 e. The van der Waals surface area contributed by atoms with Crippen molar-refractivity contribution >= 4 is 5.97 Å². The molecule has 0 saturated carbocycles. The second-order valence-corrected chi connectivity index (χ2v) is 5.88. The van der Waals surface area contributed by atoms with Crippen molar-refractivity contribution < 1.29 is 23.8 Å². The number of methoxy groups -OCH3 is 2. The molecule has 0 amide bonds. The number of aromatic carboxylic acids is 1. The van der Waals surface area contributed by atoms with Crippen molar-refractivity contribution in [2.45, 2.75) is 25.9 Å². The minimum atomic E-state index is -1.05. The quantitative estimate of drug-likeness (QED) is 0.907. The van der Waals surface area contributed by atoms with Gasteiger partial charge >= 0.3 is 5.97 Å². The lowest BCUT2D eigenvalue weighted by Gasteiger charge is -2.33. The SMILES string of the molecule is COc1cc2c(cc1OC)CN(C(C)c1ccc(C(=O)O)o1)CC2. The summed E-state index contributed by atoms with van der Waals surface area (Å²) in [6, 6.07) is 7.28. The average molecular weight is 331 g/mol. The Morgan fingerprint density at radius 2 is 1.88 bits per heavy atom. The van der Waals surface area contributed by atoms with E-state index in [1.807, 2.05) is 19.1 Å². The molecular formula is C18H21NO5. The molecular weight excluding hydrogens is 310 g/mol. The molecule has 24 heavy (non-hydrogen) atoms. The number of furan rings is 1. The highest BCUT2D eigenvalue weighted by atomic mass is 16.5. The van der Waals surface area contributed by atoms with Crippen molar-refractivity contribution in [1.29, 1.82) is 0 Å². The number of hydrogen-bond donors (Lipinski definition) is 1. The Hall–Kier alpha value is -2.47. The normalized spacial score (nSPS) is 15.6. The van der Waals surface area contributed by atoms with Crippen molar-refractivity contribution in [3.63, 3.8) is 0 Å². The average Bonchev–Trinajstić information content (AvgIpc) is 3.09. The molecule has 0 aliphatic carbocycles. The van der Waals surface area contributed by atoms with Gasteiger partial charge in [-0.3, -0.25) is 4.90 Å². The zero-order valence-electron chi connectivity index (χ0n) is 14.0. The number of carboxylic acids is 1. The molecule has 1 unspecified atom stereocenters. The third kappa shape index (κ3) is 2.97. The summed E-state index contributed by atoms with van der Waals surface area (Å²) in [6.07, 6.45) is 0.895. The van der Waals surface area contributed by atoms with Crippen molar-refractivity contribution in [2.24, 2.45) is 0 Å². The van der Waals surface area contributed by atoms with Gasteiger partial charge in [0, 0.05) is 13.1 Å². The van der Waals surface area contributed by atoms with Gasteiger partial charge in [-0.05, 0) is 48.7 Å². The highest BCUT2D eigenvalue weighted by Gasteiger charge is 2.25. The van der Waals surface area contributed by atoms with E-state index in [-0.39, 0.29) is 11.8 Å². The topological polar surface area (TPSA) is 72.1 Å². The first-order valence-corrected chi connectivity index (χ1v) is 7.84. The molecule has 0 saturated heterocycles. The predicted molar refractivity (Wildman–Crippen MR) is 87.7 cm³/mol. The van der Waals surface area contributed by atoms with Crippen LogP contribution in [-0.2, 0) is 13.0 Å². The maximum atomic E-state index is 11.0. The Balaban J connectivity index is 1.82. The van der Waals surface area contributed by atoms with E-state index in [0.29, 0.717) is 5.76 Å². The Morgan fingerprint density at radius 3 is 2.46 bits per heavy atom. The number of ether oxygens (including phenoxy) is 2. The van der Waals surface area contributed by atoms with Gasteiger partial charge in [0.05, 0.1) is 20.3 Å². The lowest BCUT2D eigenvalue weighted by atomic mass is 9.97. The van der Waals surface area contributed by atoms with E-state index >= 15 is 0 Å². The fraction of sp³-hybridized carbons (Fsp3) is 0.389. The summed E-state index contributed by atoms with van der Waals surface area (Å²) in [7, 11) is 3.27. The lowest BCUT2D eigenvalue weighted by Crippen LogP contribution is -2.32. The van der Waals surface area contributed by atoms with Crippen LogP contribution in [0.15, 0.2) is 28.7 Å². The Morgan fingerprint density at radius 1 is 1.21 bits per heavy atom. The van der Waals surface area contributed by atoms with Crippen molar-refractivity contribution in [3.8, 4) is 11.5 Å². The van der Waals surface area contributed by atoms with Crippen LogP contribution in [-0.4, -0.2) is 36.7 Å². The first-order valence-electron chi connectivity index (χ1n) is 7.84. The highest BCUT2D eigenvalue weighted by molar-refractivity contribution is 5.84. The van der Waals surface area contributed by atoms with Crippen LogP contribution in [0.4, 0.5) is 0 Å². The molecule has 1 aliphatic heterocycles. The molecule has 128 valence electrons. The van der Waals surface area contributed by atoms with Crippen LogP contribution in [0, 0.1) is 0 Å². The molecule has 1 aromatic heterocycles. The number of rotatable bonds is 5. The number of carboxylic acid groups (broad SMARTS) is 1. The summed E-state index contributed by atoms with van der Waals surface area (Å²) in [5, 5.41) is 8.99. The van der Waals surface area contributed by atoms with Gasteiger partial charge < -0.3 is 19.0 Å². The molecule has 0 radical (unpaired) electrons. The molecule has 6 heteroatoms. The van der Waals surface area contributed by atoms with Gasteiger partial charge in [-0.15, -0.1) is 0 Å². The fourth-order valence-corrected chi connectivity index (χ4v) is 3.11. The van der Waals surface area contributed by atoms with E-state index in [4.69, 9.17) is 19.0 Å². The number of benzene rings is 1. The van der Waals surface area contributed by atoms with Crippen LogP contribution >= 0.6 is 0 Å². The van der Waals surface area contributed by atoms with Gasteiger partial charge in [0.2, 0.25) is 5.76 Å². The van der Waals surface area contributed by atoms with Gasteiger partial charge in [-0.25, -0.2) is 4.79 Å². The van der Waals surface area contributed by atoms with Crippen molar-refractivity contribution in [1.82, 2.24) is 4.90 Å². The van der Waals surface area contributed by atoms with Gasteiger partial charge in [0.15, 0.2) is 11.5 Å². The Labute approximate surface area is 140 Å². The molecule has 1 N–H and O–H groups in total. The Bertz CT molecular complexity index is 752. The largest absolute Gasteiger partial charge is 0.493 e. The van der Waals surface area contributed by atoms with Crippen LogP contribution in [0.3, 0.4) is 0 Å². The molecule has 6 nitrogen and oxygen atoms in total. The van der Waals surface area contributed by atoms with Crippen LogP contribution in [0.2, 0.25) is 0 Å². The molecule has 2 heterocycles. The zero-order chi connectivity index (χ0) is 17.3. The van der Waals surface area contributed by atoms with Gasteiger partial charge in [-0.2, -0.15) is 0 Å². The fourth-order valence-electron chi connectivity index (χ4n) is 3.11. The van der Waals surface area contributed by atoms with E-state index in [1.165, 1.54) is 17.2 Å². The van der Waals surface area contributed by atoms with Gasteiger partial charge in [0.1, 0.15) is 5.76 Å². The number of fused-ring (bicyclic) bond motifs is 1. The third-order valence-corrected chi connectivity index (χ3v) is 4.54. The summed E-state index contributed by atoms with van der Waals surface area (Å²) < 4.78 is 16.2. The van der Waals surface area contributed by atoms with E-state index in [1.54, 1.807) is 20.3 Å². The molecule has 2 aromatic rings. The van der Waals surface area contributed by atoms with Gasteiger partial charge in [-0.1, -0.05) is 0 Å². The number of hydrogen-bond acceptors (Lipinski definition) is 5. The smallest absolute Gasteiger partial charge is 0.371 e. The first kappa shape index (κ1) is 16.4. The molecule has 1 atom stereocenters. The summed E-state index contributed by atoms with van der Waals surface area (Å²) in [4.78, 5) is 13.2. The second kappa shape index (κ2) is 6.57. The standard InChI is InChI=1S/C18H21NO5/c1-11(14-4-5-15(24-14)18(20)21)19-7-6-12-8-16(22-2)17(23-3)9-13(12)10-19/h4-5,8-9,11H,6-7,10H2,1-3H3,(H,20,21). The van der Waals surface area contributed by atoms with E-state index < -0.39 is 5.97 Å². The third-order valence-electron chi connectivity index (χ3n) is 4.54. The van der Waals surface area contributed by atoms with Crippen molar-refractivity contribution in [3.05, 3.63) is 46.9 Å². The summed E-state index contributed by atoms with van der Waals surface area (Å²) >= 11 is 0. The predicted octanol–water partition coefficient (Wildman–Crippen LogP) is 3.11. The van der Waals surface area contributed by atoms with Crippen LogP contribution < -0.4 is 9.47 Å². The summed E-state index contributed by atoms with van der Waals surface area (Å²) in [6.45, 7) is 3.64. The molecule has 1 aliphatic rings. The van der Waals surface area contributed by atoms with Crippen LogP contribution in [0.25, 0.3) is 0 Å². The molecule has 0 bridgehead atoms. The monoisotopic (exact) mass is 331 g/mol. The van der Waals surface area contributed by atoms with Crippen LogP contribution in [0.5, 0.6) is 11.5 Å². The molecule has 3 rings (SSSR count). The van der Waals surface area contributed by atoms with E-state index in [2.05, 4.69) is 4.90 Å². The second-order valence-electron chi connectivity index (χ2n) is 5.88. The molecule has 0 fully saturated rings. The Kier molecular flexibility index (Phi) is 4.49. The molecule has 1 aromatic carbocycles. The maximum Gasteiger partial charge on any atom is 0.371 e. The number of carbonyl (C=O) groups is 1. The van der Waals surface area contributed by atoms with E-state index in [0.717, 1.165) is 31.0 Å². The van der Waals surface area contributed by atoms with Crippen molar-refractivity contribution in [2.75, 3.05) is 20.8 Å². The highest BCUT2D eigenvalue weighted by Crippen LogP contribution is 2.35. The summed E-state index contributed by atoms with van der Waals surface area (Å²) in [5.41, 5.74) is 2.44.